The molecule has 2 rings (SSSR count). The molecule has 106 valence electrons. The number of benzene rings is 1. The second-order valence-electron chi connectivity index (χ2n) is 5.03. The fourth-order valence-corrected chi connectivity index (χ4v) is 2.84. The van der Waals surface area contributed by atoms with E-state index in [9.17, 15) is 9.59 Å². The van der Waals surface area contributed by atoms with Crippen LogP contribution >= 0.6 is 0 Å². The smallest absolute Gasteiger partial charge is 0.338 e. The molecule has 1 fully saturated rings. The van der Waals surface area contributed by atoms with Gasteiger partial charge in [0.1, 0.15) is 11.5 Å². The first kappa shape index (κ1) is 14.3. The molecule has 0 aromatic heterocycles. The SMILES string of the molecule is C=CCC1(c2ccccc2C(=O)OC)CC(C)OC1=O. The maximum absolute atomic E-state index is 12.3. The Morgan fingerprint density at radius 3 is 2.80 bits per heavy atom. The van der Waals surface area contributed by atoms with Crippen LogP contribution in [-0.2, 0) is 19.7 Å². The molecule has 2 atom stereocenters. The average molecular weight is 274 g/mol. The van der Waals surface area contributed by atoms with Gasteiger partial charge in [-0.3, -0.25) is 4.79 Å². The molecule has 4 heteroatoms. The Bertz CT molecular complexity index is 549. The van der Waals surface area contributed by atoms with E-state index in [1.807, 2.05) is 13.0 Å². The molecular weight excluding hydrogens is 256 g/mol. The van der Waals surface area contributed by atoms with Crippen LogP contribution in [-0.4, -0.2) is 25.2 Å². The molecule has 4 nitrogen and oxygen atoms in total. The van der Waals surface area contributed by atoms with Crippen molar-refractivity contribution in [1.29, 1.82) is 0 Å². The number of hydrogen-bond acceptors (Lipinski definition) is 4. The van der Waals surface area contributed by atoms with Gasteiger partial charge >= 0.3 is 11.9 Å². The zero-order valence-electron chi connectivity index (χ0n) is 11.7. The highest BCUT2D eigenvalue weighted by Crippen LogP contribution is 2.42. The Hall–Kier alpha value is -2.10. The van der Waals surface area contributed by atoms with Crippen molar-refractivity contribution < 1.29 is 19.1 Å². The summed E-state index contributed by atoms with van der Waals surface area (Å²) in [5, 5.41) is 0. The van der Waals surface area contributed by atoms with Crippen LogP contribution in [0.3, 0.4) is 0 Å². The van der Waals surface area contributed by atoms with Crippen LogP contribution in [0.5, 0.6) is 0 Å². The van der Waals surface area contributed by atoms with Gasteiger partial charge in [-0.15, -0.1) is 6.58 Å². The molecule has 0 N–H and O–H groups in total. The largest absolute Gasteiger partial charge is 0.465 e. The Balaban J connectivity index is 2.59. The van der Waals surface area contributed by atoms with E-state index in [0.29, 0.717) is 24.0 Å². The van der Waals surface area contributed by atoms with Crippen molar-refractivity contribution in [1.82, 2.24) is 0 Å². The third-order valence-corrected chi connectivity index (χ3v) is 3.68. The highest BCUT2D eigenvalue weighted by molar-refractivity contribution is 5.95. The molecule has 2 unspecified atom stereocenters. The van der Waals surface area contributed by atoms with Crippen molar-refractivity contribution in [2.45, 2.75) is 31.3 Å². The summed E-state index contributed by atoms with van der Waals surface area (Å²) in [4.78, 5) is 24.3. The summed E-state index contributed by atoms with van der Waals surface area (Å²) in [6.07, 6.45) is 2.48. The highest BCUT2D eigenvalue weighted by Gasteiger charge is 2.49. The van der Waals surface area contributed by atoms with E-state index < -0.39 is 11.4 Å². The molecule has 1 heterocycles. The molecule has 0 spiro atoms. The maximum Gasteiger partial charge on any atom is 0.338 e. The van der Waals surface area contributed by atoms with Crippen LogP contribution in [0.25, 0.3) is 0 Å². The molecule has 20 heavy (non-hydrogen) atoms. The van der Waals surface area contributed by atoms with Crippen LogP contribution in [0.15, 0.2) is 36.9 Å². The van der Waals surface area contributed by atoms with E-state index >= 15 is 0 Å². The topological polar surface area (TPSA) is 52.6 Å². The van der Waals surface area contributed by atoms with Gasteiger partial charge < -0.3 is 9.47 Å². The summed E-state index contributed by atoms with van der Waals surface area (Å²) in [6, 6.07) is 7.02. The number of rotatable bonds is 4. The van der Waals surface area contributed by atoms with Gasteiger partial charge in [0.2, 0.25) is 0 Å². The average Bonchev–Trinajstić information content (AvgIpc) is 2.73. The lowest BCUT2D eigenvalue weighted by atomic mass is 9.73. The monoisotopic (exact) mass is 274 g/mol. The van der Waals surface area contributed by atoms with E-state index in [4.69, 9.17) is 9.47 Å². The summed E-state index contributed by atoms with van der Waals surface area (Å²) in [6.45, 7) is 5.58. The quantitative estimate of drug-likeness (QED) is 0.625. The molecular formula is C16H18O4. The molecule has 1 saturated heterocycles. The molecule has 0 saturated carbocycles. The van der Waals surface area contributed by atoms with Gasteiger partial charge in [-0.25, -0.2) is 4.79 Å². The number of ether oxygens (including phenoxy) is 2. The fraction of sp³-hybridized carbons (Fsp3) is 0.375. The fourth-order valence-electron chi connectivity index (χ4n) is 2.84. The normalized spacial score (nSPS) is 25.1. The van der Waals surface area contributed by atoms with Crippen molar-refractivity contribution in [2.75, 3.05) is 7.11 Å². The van der Waals surface area contributed by atoms with Crippen molar-refractivity contribution in [3.63, 3.8) is 0 Å². The second-order valence-corrected chi connectivity index (χ2v) is 5.03. The number of carbonyl (C=O) groups is 2. The van der Waals surface area contributed by atoms with Gasteiger partial charge in [0, 0.05) is 6.42 Å². The van der Waals surface area contributed by atoms with Crippen LogP contribution in [0.4, 0.5) is 0 Å². The lowest BCUT2D eigenvalue weighted by Gasteiger charge is -2.25. The number of hydrogen-bond donors (Lipinski definition) is 0. The van der Waals surface area contributed by atoms with E-state index in [-0.39, 0.29) is 12.1 Å². The summed E-state index contributed by atoms with van der Waals surface area (Å²) in [7, 11) is 1.33. The first-order valence-corrected chi connectivity index (χ1v) is 6.55. The minimum atomic E-state index is -0.841. The van der Waals surface area contributed by atoms with Gasteiger partial charge in [0.05, 0.1) is 12.7 Å². The van der Waals surface area contributed by atoms with Crippen LogP contribution in [0, 0.1) is 0 Å². The predicted molar refractivity (Wildman–Crippen MR) is 74.4 cm³/mol. The van der Waals surface area contributed by atoms with Crippen LogP contribution < -0.4 is 0 Å². The summed E-state index contributed by atoms with van der Waals surface area (Å²) in [5.74, 6) is -0.752. The molecule has 1 aliphatic heterocycles. The van der Waals surface area contributed by atoms with Crippen molar-refractivity contribution in [3.8, 4) is 0 Å². The number of allylic oxidation sites excluding steroid dienone is 1. The molecule has 1 aromatic rings. The number of carbonyl (C=O) groups excluding carboxylic acids is 2. The molecule has 0 radical (unpaired) electrons. The van der Waals surface area contributed by atoms with Crippen LogP contribution in [0.2, 0.25) is 0 Å². The lowest BCUT2D eigenvalue weighted by molar-refractivity contribution is -0.145. The molecule has 0 bridgehead atoms. The Morgan fingerprint density at radius 2 is 2.25 bits per heavy atom. The van der Waals surface area contributed by atoms with Gasteiger partial charge in [0.25, 0.3) is 0 Å². The molecule has 1 aliphatic rings. The predicted octanol–water partition coefficient (Wildman–Crippen LogP) is 2.62. The third kappa shape index (κ3) is 2.22. The Morgan fingerprint density at radius 1 is 1.55 bits per heavy atom. The first-order chi connectivity index (χ1) is 9.55. The summed E-state index contributed by atoms with van der Waals surface area (Å²) in [5.41, 5.74) is 0.218. The maximum atomic E-state index is 12.3. The zero-order valence-corrected chi connectivity index (χ0v) is 11.7. The Kier molecular flexibility index (Phi) is 3.93. The highest BCUT2D eigenvalue weighted by atomic mass is 16.6. The van der Waals surface area contributed by atoms with E-state index in [1.54, 1.807) is 24.3 Å². The number of cyclic esters (lactones) is 1. The number of esters is 2. The third-order valence-electron chi connectivity index (χ3n) is 3.68. The van der Waals surface area contributed by atoms with E-state index in [1.165, 1.54) is 7.11 Å². The van der Waals surface area contributed by atoms with E-state index in [0.717, 1.165) is 0 Å². The molecule has 0 amide bonds. The van der Waals surface area contributed by atoms with E-state index in [2.05, 4.69) is 6.58 Å². The minimum absolute atomic E-state index is 0.173. The standard InChI is InChI=1S/C16H18O4/c1-4-9-16(10-11(2)20-15(16)18)13-8-6-5-7-12(13)14(17)19-3/h4-8,11H,1,9-10H2,2-3H3. The molecule has 1 aromatic carbocycles. The zero-order chi connectivity index (χ0) is 14.8. The van der Waals surface area contributed by atoms with Crippen LogP contribution in [0.1, 0.15) is 35.7 Å². The minimum Gasteiger partial charge on any atom is -0.465 e. The first-order valence-electron chi connectivity index (χ1n) is 6.55. The van der Waals surface area contributed by atoms with Gasteiger partial charge in [0.15, 0.2) is 0 Å². The second kappa shape index (κ2) is 5.49. The Labute approximate surface area is 118 Å². The van der Waals surface area contributed by atoms with Crippen molar-refractivity contribution >= 4 is 11.9 Å². The lowest BCUT2D eigenvalue weighted by Crippen LogP contribution is -2.33. The number of methoxy groups -OCH3 is 1. The van der Waals surface area contributed by atoms with Gasteiger partial charge in [-0.1, -0.05) is 24.3 Å². The van der Waals surface area contributed by atoms with Crippen molar-refractivity contribution in [2.24, 2.45) is 0 Å². The summed E-state index contributed by atoms with van der Waals surface area (Å²) >= 11 is 0. The molecule has 0 aliphatic carbocycles. The van der Waals surface area contributed by atoms with Gasteiger partial charge in [-0.05, 0) is 25.0 Å². The van der Waals surface area contributed by atoms with Crippen molar-refractivity contribution in [3.05, 3.63) is 48.0 Å². The van der Waals surface area contributed by atoms with Gasteiger partial charge in [-0.2, -0.15) is 0 Å². The summed E-state index contributed by atoms with van der Waals surface area (Å²) < 4.78 is 10.1.